The number of hydrogen-bond acceptors (Lipinski definition) is 2. The number of para-hydroxylation sites is 2. The number of aromatic nitrogens is 1. The number of Topliss-reactive ketones (excluding diaryl/α,β-unsaturated/α-hetero) is 1. The lowest BCUT2D eigenvalue weighted by Gasteiger charge is -2.29. The Morgan fingerprint density at radius 1 is 1.11 bits per heavy atom. The van der Waals surface area contributed by atoms with Crippen LogP contribution in [-0.2, 0) is 11.3 Å². The Bertz CT molecular complexity index is 1110. The SMILES string of the molecule is CCCn1c2ccccc2c2cccc(C3NC(=O)NC(C)=C3C(C)=O)c21. The van der Waals surface area contributed by atoms with Gasteiger partial charge in [0.15, 0.2) is 5.78 Å². The number of carbonyl (C=O) groups excluding carboxylic acids is 2. The number of rotatable bonds is 4. The fraction of sp³-hybridized carbons (Fsp3) is 0.273. The summed E-state index contributed by atoms with van der Waals surface area (Å²) < 4.78 is 2.31. The molecule has 0 saturated carbocycles. The van der Waals surface area contributed by atoms with Gasteiger partial charge in [-0.2, -0.15) is 0 Å². The highest BCUT2D eigenvalue weighted by Crippen LogP contribution is 2.37. The van der Waals surface area contributed by atoms with Gasteiger partial charge in [-0.05, 0) is 26.3 Å². The number of nitrogens with one attached hydrogen (secondary N) is 2. The van der Waals surface area contributed by atoms with E-state index in [1.807, 2.05) is 24.3 Å². The molecule has 5 heteroatoms. The molecule has 1 aliphatic heterocycles. The van der Waals surface area contributed by atoms with Gasteiger partial charge in [-0.3, -0.25) is 4.79 Å². The van der Waals surface area contributed by atoms with Crippen LogP contribution in [-0.4, -0.2) is 16.4 Å². The zero-order valence-corrected chi connectivity index (χ0v) is 15.8. The number of benzene rings is 2. The lowest BCUT2D eigenvalue weighted by atomic mass is 9.91. The van der Waals surface area contributed by atoms with E-state index in [0.717, 1.165) is 29.4 Å². The number of ketones is 1. The van der Waals surface area contributed by atoms with Gasteiger partial charge < -0.3 is 15.2 Å². The average Bonchev–Trinajstić information content (AvgIpc) is 2.95. The summed E-state index contributed by atoms with van der Waals surface area (Å²) in [4.78, 5) is 24.5. The maximum Gasteiger partial charge on any atom is 0.319 e. The van der Waals surface area contributed by atoms with Crippen molar-refractivity contribution in [1.82, 2.24) is 15.2 Å². The van der Waals surface area contributed by atoms with E-state index in [4.69, 9.17) is 0 Å². The molecule has 2 heterocycles. The minimum absolute atomic E-state index is 0.0415. The van der Waals surface area contributed by atoms with Crippen molar-refractivity contribution in [1.29, 1.82) is 0 Å². The predicted octanol–water partition coefficient (Wildman–Crippen LogP) is 4.42. The lowest BCUT2D eigenvalue weighted by Crippen LogP contribution is -2.44. The third-order valence-corrected chi connectivity index (χ3v) is 5.23. The molecule has 5 nitrogen and oxygen atoms in total. The molecule has 3 aromatic rings. The van der Waals surface area contributed by atoms with Crippen molar-refractivity contribution in [3.63, 3.8) is 0 Å². The monoisotopic (exact) mass is 361 g/mol. The van der Waals surface area contributed by atoms with E-state index in [2.05, 4.69) is 40.3 Å². The maximum absolute atomic E-state index is 12.4. The van der Waals surface area contributed by atoms with Crippen LogP contribution in [0.3, 0.4) is 0 Å². The molecule has 0 radical (unpaired) electrons. The molecule has 0 saturated heterocycles. The second kappa shape index (κ2) is 6.58. The van der Waals surface area contributed by atoms with Crippen LogP contribution in [0.5, 0.6) is 0 Å². The third-order valence-electron chi connectivity index (χ3n) is 5.23. The molecule has 0 fully saturated rings. The molecule has 0 aliphatic carbocycles. The van der Waals surface area contributed by atoms with Crippen molar-refractivity contribution < 1.29 is 9.59 Å². The molecule has 1 aliphatic rings. The van der Waals surface area contributed by atoms with Crippen molar-refractivity contribution in [3.8, 4) is 0 Å². The summed E-state index contributed by atoms with van der Waals surface area (Å²) >= 11 is 0. The van der Waals surface area contributed by atoms with Crippen molar-refractivity contribution in [2.75, 3.05) is 0 Å². The summed E-state index contributed by atoms with van der Waals surface area (Å²) in [5.74, 6) is -0.0415. The number of amides is 2. The number of fused-ring (bicyclic) bond motifs is 3. The van der Waals surface area contributed by atoms with Gasteiger partial charge in [0.25, 0.3) is 0 Å². The molecule has 2 amide bonds. The van der Waals surface area contributed by atoms with Gasteiger partial charge in [0.1, 0.15) is 0 Å². The smallest absolute Gasteiger partial charge is 0.319 e. The largest absolute Gasteiger partial charge is 0.340 e. The van der Waals surface area contributed by atoms with Crippen LogP contribution in [0, 0.1) is 0 Å². The molecule has 2 aromatic carbocycles. The molecule has 138 valence electrons. The summed E-state index contributed by atoms with van der Waals surface area (Å²) in [6.45, 7) is 6.36. The first-order chi connectivity index (χ1) is 13.0. The van der Waals surface area contributed by atoms with Gasteiger partial charge in [0.2, 0.25) is 0 Å². The van der Waals surface area contributed by atoms with Crippen LogP contribution in [0.1, 0.15) is 38.8 Å². The third kappa shape index (κ3) is 2.70. The Morgan fingerprint density at radius 2 is 1.85 bits per heavy atom. The van der Waals surface area contributed by atoms with Gasteiger partial charge in [0, 0.05) is 39.7 Å². The summed E-state index contributed by atoms with van der Waals surface area (Å²) in [7, 11) is 0. The van der Waals surface area contributed by atoms with Crippen LogP contribution in [0.4, 0.5) is 4.79 Å². The zero-order chi connectivity index (χ0) is 19.1. The Labute approximate surface area is 158 Å². The van der Waals surface area contributed by atoms with Crippen LogP contribution in [0.2, 0.25) is 0 Å². The summed E-state index contributed by atoms with van der Waals surface area (Å²) in [5.41, 5.74) is 4.43. The van der Waals surface area contributed by atoms with Gasteiger partial charge in [-0.1, -0.05) is 43.3 Å². The fourth-order valence-electron chi connectivity index (χ4n) is 4.22. The van der Waals surface area contributed by atoms with E-state index in [9.17, 15) is 9.59 Å². The predicted molar refractivity (Wildman–Crippen MR) is 108 cm³/mol. The molecule has 1 aromatic heterocycles. The standard InChI is InChI=1S/C22H23N3O2/c1-4-12-25-18-11-6-5-8-15(18)16-9-7-10-17(21(16)25)20-19(14(3)26)13(2)23-22(27)24-20/h5-11,20H,4,12H2,1-3H3,(H2,23,24,27). The number of carbonyl (C=O) groups is 2. The Balaban J connectivity index is 2.06. The molecular weight excluding hydrogens is 338 g/mol. The molecule has 27 heavy (non-hydrogen) atoms. The van der Waals surface area contributed by atoms with E-state index >= 15 is 0 Å². The van der Waals surface area contributed by atoms with Crippen LogP contribution >= 0.6 is 0 Å². The van der Waals surface area contributed by atoms with E-state index < -0.39 is 6.04 Å². The van der Waals surface area contributed by atoms with E-state index in [1.165, 1.54) is 10.9 Å². The molecule has 2 N–H and O–H groups in total. The highest BCUT2D eigenvalue weighted by atomic mass is 16.2. The van der Waals surface area contributed by atoms with Crippen LogP contribution in [0.15, 0.2) is 53.7 Å². The number of nitrogens with zero attached hydrogens (tertiary/aromatic N) is 1. The second-order valence-electron chi connectivity index (χ2n) is 7.04. The van der Waals surface area contributed by atoms with Gasteiger partial charge >= 0.3 is 6.03 Å². The maximum atomic E-state index is 12.4. The first-order valence-corrected chi connectivity index (χ1v) is 9.32. The van der Waals surface area contributed by atoms with Crippen molar-refractivity contribution >= 4 is 33.6 Å². The minimum atomic E-state index is -0.458. The van der Waals surface area contributed by atoms with Gasteiger partial charge in [-0.25, -0.2) is 4.79 Å². The summed E-state index contributed by atoms with van der Waals surface area (Å²) in [6.07, 6.45) is 0.995. The van der Waals surface area contributed by atoms with Crippen molar-refractivity contribution in [2.24, 2.45) is 0 Å². The highest BCUT2D eigenvalue weighted by Gasteiger charge is 2.31. The van der Waals surface area contributed by atoms with Gasteiger partial charge in [0.05, 0.1) is 11.6 Å². The van der Waals surface area contributed by atoms with Crippen LogP contribution < -0.4 is 10.6 Å². The molecule has 0 bridgehead atoms. The number of hydrogen-bond donors (Lipinski definition) is 2. The molecule has 1 atom stereocenters. The Morgan fingerprint density at radius 3 is 2.59 bits per heavy atom. The average molecular weight is 361 g/mol. The second-order valence-corrected chi connectivity index (χ2v) is 7.04. The summed E-state index contributed by atoms with van der Waals surface area (Å²) in [6, 6.07) is 13.7. The van der Waals surface area contributed by atoms with E-state index in [-0.39, 0.29) is 11.8 Å². The van der Waals surface area contributed by atoms with Gasteiger partial charge in [-0.15, -0.1) is 0 Å². The molecule has 0 spiro atoms. The lowest BCUT2D eigenvalue weighted by molar-refractivity contribution is -0.114. The fourth-order valence-corrected chi connectivity index (χ4v) is 4.22. The van der Waals surface area contributed by atoms with Crippen LogP contribution in [0.25, 0.3) is 21.8 Å². The van der Waals surface area contributed by atoms with Crippen molar-refractivity contribution in [2.45, 2.75) is 39.8 Å². The first-order valence-electron chi connectivity index (χ1n) is 9.32. The highest BCUT2D eigenvalue weighted by molar-refractivity contribution is 6.10. The van der Waals surface area contributed by atoms with E-state index in [0.29, 0.717) is 11.3 Å². The molecule has 1 unspecified atom stereocenters. The summed E-state index contributed by atoms with van der Waals surface area (Å²) in [5, 5.41) is 8.02. The first kappa shape index (κ1) is 17.3. The number of aryl methyl sites for hydroxylation is 1. The van der Waals surface area contributed by atoms with Crippen molar-refractivity contribution in [3.05, 3.63) is 59.3 Å². The quantitative estimate of drug-likeness (QED) is 0.722. The molecular formula is C22H23N3O2. The number of urea groups is 1. The Kier molecular flexibility index (Phi) is 4.22. The zero-order valence-electron chi connectivity index (χ0n) is 15.8. The minimum Gasteiger partial charge on any atom is -0.340 e. The normalized spacial score (nSPS) is 17.3. The van der Waals surface area contributed by atoms with E-state index in [1.54, 1.807) is 13.8 Å². The topological polar surface area (TPSA) is 63.1 Å². The molecule has 4 rings (SSSR count). The Hall–Kier alpha value is -3.08. The number of allylic oxidation sites excluding steroid dienone is 1.